The maximum Gasteiger partial charge on any atom is 0.247 e. The first-order chi connectivity index (χ1) is 9.84. The van der Waals surface area contributed by atoms with E-state index in [-0.39, 0.29) is 6.04 Å². The van der Waals surface area contributed by atoms with E-state index < -0.39 is 10.0 Å². The second-order valence-corrected chi connectivity index (χ2v) is 7.56. The molecule has 0 aliphatic carbocycles. The number of hydrogen-bond donors (Lipinski definition) is 1. The van der Waals surface area contributed by atoms with Crippen LogP contribution in [0.3, 0.4) is 0 Å². The summed E-state index contributed by atoms with van der Waals surface area (Å²) in [6, 6.07) is 0.285. The average Bonchev–Trinajstić information content (AvgIpc) is 2.72. The zero-order valence-corrected chi connectivity index (χ0v) is 14.0. The van der Waals surface area contributed by atoms with Crippen LogP contribution in [-0.2, 0) is 16.6 Å². The number of rotatable bonds is 5. The molecule has 0 amide bonds. The Kier molecular flexibility index (Phi) is 4.91. The van der Waals surface area contributed by atoms with Gasteiger partial charge in [0.15, 0.2) is 0 Å². The van der Waals surface area contributed by atoms with Gasteiger partial charge in [0.25, 0.3) is 0 Å². The first-order valence-electron chi connectivity index (χ1n) is 7.31. The van der Waals surface area contributed by atoms with E-state index in [1.165, 1.54) is 4.31 Å². The summed E-state index contributed by atoms with van der Waals surface area (Å²) in [4.78, 5) is 0.337. The van der Waals surface area contributed by atoms with Crippen LogP contribution in [0.15, 0.2) is 21.5 Å². The standard InChI is InChI=1S/C15H24N2O3S/c1-11(2)16-10-14-12(3)20-13(4)15(14)21(18,19)17-8-6-5-7-9-17/h5-6,11,16H,7-10H2,1-4H3. The van der Waals surface area contributed by atoms with Gasteiger partial charge in [-0.2, -0.15) is 4.31 Å². The molecular weight excluding hydrogens is 288 g/mol. The molecule has 0 atom stereocenters. The maximum absolute atomic E-state index is 12.9. The number of furan rings is 1. The van der Waals surface area contributed by atoms with E-state index in [4.69, 9.17) is 4.42 Å². The van der Waals surface area contributed by atoms with E-state index >= 15 is 0 Å². The van der Waals surface area contributed by atoms with Gasteiger partial charge in [-0.15, -0.1) is 0 Å². The summed E-state index contributed by atoms with van der Waals surface area (Å²) in [6.07, 6.45) is 4.67. The van der Waals surface area contributed by atoms with Crippen molar-refractivity contribution in [2.24, 2.45) is 0 Å². The fourth-order valence-electron chi connectivity index (χ4n) is 2.53. The average molecular weight is 312 g/mol. The first-order valence-corrected chi connectivity index (χ1v) is 8.75. The highest BCUT2D eigenvalue weighted by Crippen LogP contribution is 2.30. The fourth-order valence-corrected chi connectivity index (χ4v) is 4.34. The summed E-state index contributed by atoms with van der Waals surface area (Å²) in [5, 5.41) is 3.27. The molecule has 5 nitrogen and oxygen atoms in total. The maximum atomic E-state index is 12.9. The van der Waals surface area contributed by atoms with Gasteiger partial charge in [0.1, 0.15) is 16.4 Å². The molecule has 0 fully saturated rings. The molecule has 1 N–H and O–H groups in total. The second kappa shape index (κ2) is 6.34. The molecule has 1 aromatic heterocycles. The van der Waals surface area contributed by atoms with Gasteiger partial charge in [-0.05, 0) is 20.3 Å². The first kappa shape index (κ1) is 16.3. The molecule has 0 saturated heterocycles. The van der Waals surface area contributed by atoms with Crippen molar-refractivity contribution in [1.29, 1.82) is 0 Å². The lowest BCUT2D eigenvalue weighted by molar-refractivity contribution is 0.433. The molecule has 2 rings (SSSR count). The summed E-state index contributed by atoms with van der Waals surface area (Å²) in [5.74, 6) is 1.15. The van der Waals surface area contributed by atoms with Crippen molar-refractivity contribution in [2.75, 3.05) is 13.1 Å². The minimum atomic E-state index is -3.50. The van der Waals surface area contributed by atoms with Gasteiger partial charge < -0.3 is 9.73 Å². The van der Waals surface area contributed by atoms with Gasteiger partial charge in [-0.3, -0.25) is 0 Å². The molecule has 1 aliphatic heterocycles. The molecular formula is C15H24N2O3S. The molecule has 118 valence electrons. The van der Waals surface area contributed by atoms with E-state index in [9.17, 15) is 8.42 Å². The molecule has 0 radical (unpaired) electrons. The highest BCUT2D eigenvalue weighted by Gasteiger charge is 2.32. The number of hydrogen-bond acceptors (Lipinski definition) is 4. The molecule has 0 saturated carbocycles. The highest BCUT2D eigenvalue weighted by atomic mass is 32.2. The van der Waals surface area contributed by atoms with Crippen LogP contribution in [0, 0.1) is 13.8 Å². The van der Waals surface area contributed by atoms with Crippen LogP contribution in [0.1, 0.15) is 37.4 Å². The normalized spacial score (nSPS) is 16.8. The molecule has 1 aromatic rings. The van der Waals surface area contributed by atoms with Crippen LogP contribution in [0.4, 0.5) is 0 Å². The summed E-state index contributed by atoms with van der Waals surface area (Å²) in [7, 11) is -3.50. The van der Waals surface area contributed by atoms with Crippen molar-refractivity contribution in [2.45, 2.75) is 51.6 Å². The van der Waals surface area contributed by atoms with Crippen LogP contribution >= 0.6 is 0 Å². The van der Waals surface area contributed by atoms with E-state index in [1.54, 1.807) is 6.92 Å². The topological polar surface area (TPSA) is 62.6 Å². The minimum absolute atomic E-state index is 0.285. The summed E-state index contributed by atoms with van der Waals surface area (Å²) in [5.41, 5.74) is 0.746. The van der Waals surface area contributed by atoms with Crippen molar-refractivity contribution >= 4 is 10.0 Å². The second-order valence-electron chi connectivity index (χ2n) is 5.68. The third kappa shape index (κ3) is 3.39. The third-order valence-corrected chi connectivity index (χ3v) is 5.69. The Labute approximate surface area is 127 Å². The smallest absolute Gasteiger partial charge is 0.247 e. The van der Waals surface area contributed by atoms with Gasteiger partial charge >= 0.3 is 0 Å². The summed E-state index contributed by atoms with van der Waals surface area (Å²) in [6.45, 7) is 9.07. The Morgan fingerprint density at radius 1 is 1.29 bits per heavy atom. The van der Waals surface area contributed by atoms with E-state index in [2.05, 4.69) is 5.32 Å². The van der Waals surface area contributed by atoms with Crippen LogP contribution < -0.4 is 5.32 Å². The van der Waals surface area contributed by atoms with Gasteiger partial charge in [-0.25, -0.2) is 8.42 Å². The summed E-state index contributed by atoms with van der Waals surface area (Å²) >= 11 is 0. The van der Waals surface area contributed by atoms with E-state index in [0.29, 0.717) is 36.1 Å². The lowest BCUT2D eigenvalue weighted by Gasteiger charge is -2.23. The third-order valence-electron chi connectivity index (χ3n) is 3.63. The fraction of sp³-hybridized carbons (Fsp3) is 0.600. The zero-order chi connectivity index (χ0) is 15.6. The Morgan fingerprint density at radius 2 is 2.00 bits per heavy atom. The molecule has 1 aliphatic rings. The molecule has 0 unspecified atom stereocenters. The molecule has 0 aromatic carbocycles. The quantitative estimate of drug-likeness (QED) is 0.848. The SMILES string of the molecule is Cc1oc(C)c(S(=O)(=O)N2CC=CCC2)c1CNC(C)C. The molecule has 2 heterocycles. The predicted molar refractivity (Wildman–Crippen MR) is 82.7 cm³/mol. The van der Waals surface area contributed by atoms with Crippen molar-refractivity contribution < 1.29 is 12.8 Å². The van der Waals surface area contributed by atoms with Crippen LogP contribution in [0.5, 0.6) is 0 Å². The van der Waals surface area contributed by atoms with Crippen molar-refractivity contribution in [3.8, 4) is 0 Å². The Hall–Kier alpha value is -1.11. The van der Waals surface area contributed by atoms with Gasteiger partial charge in [0.2, 0.25) is 10.0 Å². The molecule has 0 bridgehead atoms. The Balaban J connectivity index is 2.39. The van der Waals surface area contributed by atoms with Gasteiger partial charge in [0, 0.05) is 31.2 Å². The molecule has 0 spiro atoms. The van der Waals surface area contributed by atoms with Crippen molar-refractivity contribution in [1.82, 2.24) is 9.62 Å². The largest absolute Gasteiger partial charge is 0.465 e. The predicted octanol–water partition coefficient (Wildman–Crippen LogP) is 2.35. The lowest BCUT2D eigenvalue weighted by Crippen LogP contribution is -2.35. The Bertz CT molecular complexity index is 630. The van der Waals surface area contributed by atoms with Gasteiger partial charge in [0.05, 0.1) is 0 Å². The monoisotopic (exact) mass is 312 g/mol. The number of sulfonamides is 1. The highest BCUT2D eigenvalue weighted by molar-refractivity contribution is 7.89. The Morgan fingerprint density at radius 3 is 2.57 bits per heavy atom. The molecule has 6 heteroatoms. The van der Waals surface area contributed by atoms with Crippen molar-refractivity contribution in [3.05, 3.63) is 29.2 Å². The van der Waals surface area contributed by atoms with Crippen LogP contribution in [0.25, 0.3) is 0 Å². The summed E-state index contributed by atoms with van der Waals surface area (Å²) < 4.78 is 32.9. The molecule has 21 heavy (non-hydrogen) atoms. The van der Waals surface area contributed by atoms with Crippen LogP contribution in [-0.4, -0.2) is 31.9 Å². The van der Waals surface area contributed by atoms with E-state index in [0.717, 1.165) is 12.0 Å². The van der Waals surface area contributed by atoms with Crippen LogP contribution in [0.2, 0.25) is 0 Å². The van der Waals surface area contributed by atoms with Gasteiger partial charge in [-0.1, -0.05) is 26.0 Å². The number of nitrogens with one attached hydrogen (secondary N) is 1. The minimum Gasteiger partial charge on any atom is -0.465 e. The van der Waals surface area contributed by atoms with E-state index in [1.807, 2.05) is 32.9 Å². The number of nitrogens with zero attached hydrogens (tertiary/aromatic N) is 1. The number of aryl methyl sites for hydroxylation is 2. The van der Waals surface area contributed by atoms with Crippen molar-refractivity contribution in [3.63, 3.8) is 0 Å². The lowest BCUT2D eigenvalue weighted by atomic mass is 10.2. The zero-order valence-electron chi connectivity index (χ0n) is 13.1.